The molecule has 6 heteroatoms. The zero-order valence-electron chi connectivity index (χ0n) is 6.56. The second-order valence-corrected chi connectivity index (χ2v) is 4.75. The fraction of sp³-hybridized carbons (Fsp3) is 0.500. The van der Waals surface area contributed by atoms with Crippen molar-refractivity contribution in [2.75, 3.05) is 6.61 Å². The van der Waals surface area contributed by atoms with Gasteiger partial charge in [0.2, 0.25) is 0 Å². The molecule has 0 bridgehead atoms. The monoisotopic (exact) mass is 206 g/mol. The quantitative estimate of drug-likeness (QED) is 0.742. The van der Waals surface area contributed by atoms with E-state index < -0.39 is 11.0 Å². The maximum absolute atomic E-state index is 10.8. The molecule has 0 radical (unpaired) electrons. The van der Waals surface area contributed by atoms with Crippen LogP contribution in [-0.4, -0.2) is 20.9 Å². The topological polar surface area (TPSA) is 76.2 Å². The Balaban J connectivity index is 2.84. The van der Waals surface area contributed by atoms with Gasteiger partial charge in [0.25, 0.3) is 0 Å². The predicted octanol–water partition coefficient (Wildman–Crippen LogP) is 0.220. The van der Waals surface area contributed by atoms with Crippen LogP contribution >= 0.6 is 11.3 Å². The van der Waals surface area contributed by atoms with Gasteiger partial charge < -0.3 is 5.11 Å². The zero-order chi connectivity index (χ0) is 9.14. The zero-order valence-corrected chi connectivity index (χ0v) is 8.19. The number of thiazole rings is 1. The van der Waals surface area contributed by atoms with Gasteiger partial charge in [0, 0.05) is 5.92 Å². The number of aromatic nitrogens is 1. The minimum atomic E-state index is -1.45. The molecular formula is C6H10N2O2S2. The summed E-state index contributed by atoms with van der Waals surface area (Å²) >= 11 is 1.28. The second-order valence-electron chi connectivity index (χ2n) is 2.40. The van der Waals surface area contributed by atoms with Crippen LogP contribution in [0.4, 0.5) is 0 Å². The lowest BCUT2D eigenvalue weighted by molar-refractivity contribution is 0.273. The van der Waals surface area contributed by atoms with E-state index in [-0.39, 0.29) is 12.5 Å². The van der Waals surface area contributed by atoms with Gasteiger partial charge in [-0.25, -0.2) is 14.3 Å². The van der Waals surface area contributed by atoms with E-state index in [2.05, 4.69) is 4.98 Å². The van der Waals surface area contributed by atoms with E-state index in [1.165, 1.54) is 17.5 Å². The Morgan fingerprint density at radius 3 is 3.00 bits per heavy atom. The van der Waals surface area contributed by atoms with E-state index in [0.717, 1.165) is 5.01 Å². The molecule has 0 amide bonds. The van der Waals surface area contributed by atoms with E-state index in [9.17, 15) is 4.21 Å². The van der Waals surface area contributed by atoms with Crippen molar-refractivity contribution in [1.82, 2.24) is 4.98 Å². The molecule has 0 aromatic carbocycles. The summed E-state index contributed by atoms with van der Waals surface area (Å²) in [4.78, 5) is 3.99. The molecule has 1 heterocycles. The molecule has 0 saturated carbocycles. The Bertz CT molecular complexity index is 287. The van der Waals surface area contributed by atoms with Gasteiger partial charge in [0.15, 0.2) is 0 Å². The Morgan fingerprint density at radius 1 is 1.92 bits per heavy atom. The highest BCUT2D eigenvalue weighted by Gasteiger charge is 2.10. The lowest BCUT2D eigenvalue weighted by Crippen LogP contribution is -1.99. The summed E-state index contributed by atoms with van der Waals surface area (Å²) in [7, 11) is -1.45. The predicted molar refractivity (Wildman–Crippen MR) is 48.2 cm³/mol. The second kappa shape index (κ2) is 4.08. The van der Waals surface area contributed by atoms with Crippen molar-refractivity contribution >= 4 is 22.3 Å². The molecule has 1 aromatic rings. The van der Waals surface area contributed by atoms with E-state index in [1.54, 1.807) is 0 Å². The van der Waals surface area contributed by atoms with Gasteiger partial charge in [-0.05, 0) is 0 Å². The molecule has 12 heavy (non-hydrogen) atoms. The fourth-order valence-electron chi connectivity index (χ4n) is 0.671. The molecule has 0 aliphatic heterocycles. The number of rotatable bonds is 3. The van der Waals surface area contributed by atoms with E-state index in [4.69, 9.17) is 10.2 Å². The van der Waals surface area contributed by atoms with Crippen LogP contribution in [0.2, 0.25) is 0 Å². The average Bonchev–Trinajstić information content (AvgIpc) is 2.51. The lowest BCUT2D eigenvalue weighted by Gasteiger charge is -2.00. The van der Waals surface area contributed by atoms with Crippen LogP contribution in [0.5, 0.6) is 0 Å². The lowest BCUT2D eigenvalue weighted by atomic mass is 10.2. The van der Waals surface area contributed by atoms with Crippen molar-refractivity contribution in [3.05, 3.63) is 11.2 Å². The van der Waals surface area contributed by atoms with E-state index in [0.29, 0.717) is 4.21 Å². The van der Waals surface area contributed by atoms with Crippen LogP contribution in [0.25, 0.3) is 0 Å². The van der Waals surface area contributed by atoms with Crippen molar-refractivity contribution in [3.63, 3.8) is 0 Å². The Morgan fingerprint density at radius 2 is 2.58 bits per heavy atom. The van der Waals surface area contributed by atoms with Gasteiger partial charge in [-0.1, -0.05) is 6.92 Å². The van der Waals surface area contributed by atoms with Crippen LogP contribution in [0.3, 0.4) is 0 Å². The molecule has 0 fully saturated rings. The fourth-order valence-corrected chi connectivity index (χ4v) is 2.10. The number of aliphatic hydroxyl groups excluding tert-OH is 1. The SMILES string of the molecule is CC(CO)c1ncc(S(N)=O)s1. The molecule has 0 saturated heterocycles. The van der Waals surface area contributed by atoms with Gasteiger partial charge in [0.05, 0.1) is 17.8 Å². The van der Waals surface area contributed by atoms with Gasteiger partial charge >= 0.3 is 0 Å². The summed E-state index contributed by atoms with van der Waals surface area (Å²) in [6.45, 7) is 1.90. The summed E-state index contributed by atoms with van der Waals surface area (Å²) in [6, 6.07) is 0. The molecule has 4 nitrogen and oxygen atoms in total. The minimum Gasteiger partial charge on any atom is -0.396 e. The van der Waals surface area contributed by atoms with Crippen LogP contribution in [0.15, 0.2) is 10.4 Å². The highest BCUT2D eigenvalue weighted by Crippen LogP contribution is 2.22. The van der Waals surface area contributed by atoms with Gasteiger partial charge in [-0.2, -0.15) is 0 Å². The Kier molecular flexibility index (Phi) is 3.33. The molecule has 2 atom stereocenters. The van der Waals surface area contributed by atoms with Crippen molar-refractivity contribution in [2.45, 2.75) is 17.1 Å². The molecule has 0 aliphatic rings. The highest BCUT2D eigenvalue weighted by atomic mass is 32.2. The first-order valence-corrected chi connectivity index (χ1v) is 5.41. The summed E-state index contributed by atoms with van der Waals surface area (Å²) in [5, 5.41) is 14.7. The first-order valence-electron chi connectivity index (χ1n) is 3.38. The number of aliphatic hydroxyl groups is 1. The summed E-state index contributed by atoms with van der Waals surface area (Å²) in [5.41, 5.74) is 0. The summed E-state index contributed by atoms with van der Waals surface area (Å²) in [5.74, 6) is -0.00713. The first kappa shape index (κ1) is 9.79. The molecular weight excluding hydrogens is 196 g/mol. The third kappa shape index (κ3) is 2.10. The Labute approximate surface area is 77.0 Å². The molecule has 0 spiro atoms. The maximum atomic E-state index is 10.8. The summed E-state index contributed by atoms with van der Waals surface area (Å²) in [6.07, 6.45) is 1.49. The van der Waals surface area contributed by atoms with Gasteiger partial charge in [-0.3, -0.25) is 0 Å². The largest absolute Gasteiger partial charge is 0.396 e. The number of nitrogens with zero attached hydrogens (tertiary/aromatic N) is 1. The maximum Gasteiger partial charge on any atom is 0.134 e. The van der Waals surface area contributed by atoms with Gasteiger partial charge in [-0.15, -0.1) is 11.3 Å². The van der Waals surface area contributed by atoms with Crippen molar-refractivity contribution in [2.24, 2.45) is 5.14 Å². The molecule has 68 valence electrons. The van der Waals surface area contributed by atoms with Crippen LogP contribution in [0.1, 0.15) is 17.8 Å². The average molecular weight is 206 g/mol. The summed E-state index contributed by atoms with van der Waals surface area (Å²) < 4.78 is 11.3. The normalized spacial score (nSPS) is 15.9. The van der Waals surface area contributed by atoms with Crippen LogP contribution in [-0.2, 0) is 11.0 Å². The number of hydrogen-bond acceptors (Lipinski definition) is 4. The standard InChI is InChI=1S/C6H10N2O2S2/c1-4(3-9)6-8-2-5(11-6)12(7)10/h2,4,9H,3,7H2,1H3. The van der Waals surface area contributed by atoms with Crippen molar-refractivity contribution in [3.8, 4) is 0 Å². The van der Waals surface area contributed by atoms with E-state index in [1.807, 2.05) is 6.92 Å². The number of hydrogen-bond donors (Lipinski definition) is 2. The molecule has 2 unspecified atom stereocenters. The van der Waals surface area contributed by atoms with Gasteiger partial charge in [0.1, 0.15) is 15.2 Å². The third-order valence-electron chi connectivity index (χ3n) is 1.40. The Hall–Kier alpha value is -0.300. The molecule has 1 rings (SSSR count). The molecule has 3 N–H and O–H groups in total. The first-order chi connectivity index (χ1) is 5.65. The van der Waals surface area contributed by atoms with Crippen molar-refractivity contribution < 1.29 is 9.32 Å². The van der Waals surface area contributed by atoms with Crippen molar-refractivity contribution in [1.29, 1.82) is 0 Å². The molecule has 1 aromatic heterocycles. The minimum absolute atomic E-state index is 0.00713. The van der Waals surface area contributed by atoms with E-state index >= 15 is 0 Å². The highest BCUT2D eigenvalue weighted by molar-refractivity contribution is 7.85. The smallest absolute Gasteiger partial charge is 0.134 e. The molecule has 0 aliphatic carbocycles. The van der Waals surface area contributed by atoms with Crippen LogP contribution in [0, 0.1) is 0 Å². The van der Waals surface area contributed by atoms with Crippen LogP contribution < -0.4 is 5.14 Å². The third-order valence-corrected chi connectivity index (χ3v) is 3.66. The number of nitrogens with two attached hydrogens (primary N) is 1.